The van der Waals surface area contributed by atoms with Crippen LogP contribution < -0.4 is 10.2 Å². The molecule has 0 bridgehead atoms. The molecule has 4 aromatic rings. The monoisotopic (exact) mass is 425 g/mol. The molecule has 162 valence electrons. The lowest BCUT2D eigenvalue weighted by atomic mass is 10.0. The predicted octanol–water partition coefficient (Wildman–Crippen LogP) is 4.33. The quantitative estimate of drug-likeness (QED) is 0.496. The molecule has 0 atom stereocenters. The summed E-state index contributed by atoms with van der Waals surface area (Å²) in [5.74, 6) is 3.08. The molecule has 1 aliphatic heterocycles. The molecule has 1 saturated heterocycles. The largest absolute Gasteiger partial charge is 0.354 e. The van der Waals surface area contributed by atoms with Crippen molar-refractivity contribution in [3.8, 4) is 0 Å². The summed E-state index contributed by atoms with van der Waals surface area (Å²) in [6.45, 7) is 5.91. The molecule has 5 rings (SSSR count). The van der Waals surface area contributed by atoms with Gasteiger partial charge in [-0.15, -0.1) is 0 Å². The van der Waals surface area contributed by atoms with Crippen LogP contribution in [-0.4, -0.2) is 58.3 Å². The number of anilines is 3. The lowest BCUT2D eigenvalue weighted by Crippen LogP contribution is -2.44. The lowest BCUT2D eigenvalue weighted by Gasteiger charge is -2.33. The van der Waals surface area contributed by atoms with Crippen LogP contribution in [0.2, 0.25) is 0 Å². The molecule has 32 heavy (non-hydrogen) atoms. The normalized spacial score (nSPS) is 15.0. The van der Waals surface area contributed by atoms with E-state index in [1.54, 1.807) is 0 Å². The maximum Gasteiger partial charge on any atom is 0.156 e. The van der Waals surface area contributed by atoms with Crippen LogP contribution >= 0.6 is 0 Å². The number of H-pyrrole nitrogens is 1. The summed E-state index contributed by atoms with van der Waals surface area (Å²) in [6.07, 6.45) is 4.08. The molecule has 1 aliphatic rings. The fourth-order valence-electron chi connectivity index (χ4n) is 3.96. The zero-order valence-corrected chi connectivity index (χ0v) is 18.4. The smallest absolute Gasteiger partial charge is 0.156 e. The topological polar surface area (TPSA) is 73.0 Å². The van der Waals surface area contributed by atoms with Gasteiger partial charge in [0.1, 0.15) is 11.6 Å². The Morgan fingerprint density at radius 2 is 1.72 bits per heavy atom. The third kappa shape index (κ3) is 4.48. The average molecular weight is 426 g/mol. The molecular formula is C25H27N7. The summed E-state index contributed by atoms with van der Waals surface area (Å²) in [5.41, 5.74) is 2.14. The first-order valence-corrected chi connectivity index (χ1v) is 10.9. The standard InChI is InChI=1S/C25H27N7/c1-18-16-24(30-29-18)27-23-17-25(32-14-12-31(2)13-15-32)28-22(26-23)11-10-20-8-5-7-19-6-3-4-9-21(19)20/h3-11,16-17H,12-15H2,1-2H3,(H2,26,27,28,29,30). The van der Waals surface area contributed by atoms with Crippen molar-refractivity contribution >= 4 is 40.4 Å². The summed E-state index contributed by atoms with van der Waals surface area (Å²) in [7, 11) is 2.16. The van der Waals surface area contributed by atoms with E-state index in [9.17, 15) is 0 Å². The Kier molecular flexibility index (Phi) is 5.56. The molecule has 2 aromatic heterocycles. The van der Waals surface area contributed by atoms with Crippen molar-refractivity contribution < 1.29 is 0 Å². The van der Waals surface area contributed by atoms with Crippen molar-refractivity contribution in [3.63, 3.8) is 0 Å². The van der Waals surface area contributed by atoms with E-state index >= 15 is 0 Å². The van der Waals surface area contributed by atoms with Gasteiger partial charge < -0.3 is 15.1 Å². The van der Waals surface area contributed by atoms with Crippen LogP contribution in [0.25, 0.3) is 22.9 Å². The summed E-state index contributed by atoms with van der Waals surface area (Å²) in [4.78, 5) is 14.3. The van der Waals surface area contributed by atoms with Gasteiger partial charge in [-0.1, -0.05) is 48.5 Å². The molecule has 2 N–H and O–H groups in total. The molecule has 2 aromatic carbocycles. The van der Waals surface area contributed by atoms with Crippen molar-refractivity contribution in [2.24, 2.45) is 0 Å². The molecule has 0 saturated carbocycles. The highest BCUT2D eigenvalue weighted by Crippen LogP contribution is 2.23. The number of aromatic nitrogens is 4. The summed E-state index contributed by atoms with van der Waals surface area (Å²) in [5, 5.41) is 13.0. The minimum absolute atomic E-state index is 0.670. The summed E-state index contributed by atoms with van der Waals surface area (Å²) < 4.78 is 0. The molecular weight excluding hydrogens is 398 g/mol. The van der Waals surface area contributed by atoms with Crippen LogP contribution in [-0.2, 0) is 0 Å². The second-order valence-electron chi connectivity index (χ2n) is 8.22. The number of benzene rings is 2. The molecule has 0 aliphatic carbocycles. The Hall–Kier alpha value is -3.71. The number of nitrogens with one attached hydrogen (secondary N) is 2. The van der Waals surface area contributed by atoms with Gasteiger partial charge in [-0.25, -0.2) is 9.97 Å². The number of aromatic amines is 1. The average Bonchev–Trinajstić information content (AvgIpc) is 3.22. The zero-order valence-electron chi connectivity index (χ0n) is 18.4. The van der Waals surface area contributed by atoms with Gasteiger partial charge in [0.2, 0.25) is 0 Å². The van der Waals surface area contributed by atoms with Gasteiger partial charge in [0.25, 0.3) is 0 Å². The maximum absolute atomic E-state index is 4.87. The third-order valence-electron chi connectivity index (χ3n) is 5.75. The SMILES string of the molecule is Cc1cc(Nc2cc(N3CCN(C)CC3)nc(C=Cc3cccc4ccccc34)n2)n[nH]1. The number of aryl methyl sites for hydroxylation is 1. The highest BCUT2D eigenvalue weighted by molar-refractivity contribution is 5.92. The number of hydrogen-bond donors (Lipinski definition) is 2. The number of rotatable bonds is 5. The van der Waals surface area contributed by atoms with Crippen molar-refractivity contribution in [1.82, 2.24) is 25.1 Å². The molecule has 0 amide bonds. The number of piperazine rings is 1. The first-order valence-electron chi connectivity index (χ1n) is 10.9. The highest BCUT2D eigenvalue weighted by Gasteiger charge is 2.17. The van der Waals surface area contributed by atoms with E-state index in [0.29, 0.717) is 5.82 Å². The fourth-order valence-corrected chi connectivity index (χ4v) is 3.96. The lowest BCUT2D eigenvalue weighted by molar-refractivity contribution is 0.312. The first-order chi connectivity index (χ1) is 15.6. The number of nitrogens with zero attached hydrogens (tertiary/aromatic N) is 5. The van der Waals surface area contributed by atoms with E-state index in [4.69, 9.17) is 9.97 Å². The van der Waals surface area contributed by atoms with E-state index in [2.05, 4.69) is 80.9 Å². The molecule has 7 nitrogen and oxygen atoms in total. The van der Waals surface area contributed by atoms with Crippen molar-refractivity contribution in [2.45, 2.75) is 6.92 Å². The number of likely N-dealkylation sites (N-methyl/N-ethyl adjacent to an activating group) is 1. The Morgan fingerprint density at radius 1 is 0.906 bits per heavy atom. The van der Waals surface area contributed by atoms with Crippen LogP contribution in [0.3, 0.4) is 0 Å². The second kappa shape index (κ2) is 8.80. The van der Waals surface area contributed by atoms with Crippen LogP contribution in [0.15, 0.2) is 54.6 Å². The molecule has 3 heterocycles. The van der Waals surface area contributed by atoms with Gasteiger partial charge >= 0.3 is 0 Å². The molecule has 1 fully saturated rings. The van der Waals surface area contributed by atoms with E-state index in [-0.39, 0.29) is 0 Å². The third-order valence-corrected chi connectivity index (χ3v) is 5.75. The van der Waals surface area contributed by atoms with Gasteiger partial charge in [-0.05, 0) is 36.4 Å². The van der Waals surface area contributed by atoms with Crippen LogP contribution in [0.1, 0.15) is 17.1 Å². The number of fused-ring (bicyclic) bond motifs is 1. The Labute approximate surface area is 187 Å². The van der Waals surface area contributed by atoms with Gasteiger partial charge in [-0.2, -0.15) is 5.10 Å². The van der Waals surface area contributed by atoms with Crippen LogP contribution in [0, 0.1) is 6.92 Å². The summed E-state index contributed by atoms with van der Waals surface area (Å²) >= 11 is 0. The van der Waals surface area contributed by atoms with Crippen molar-refractivity contribution in [2.75, 3.05) is 43.4 Å². The summed E-state index contributed by atoms with van der Waals surface area (Å²) in [6, 6.07) is 18.7. The Morgan fingerprint density at radius 3 is 2.53 bits per heavy atom. The van der Waals surface area contributed by atoms with E-state index < -0.39 is 0 Å². The van der Waals surface area contributed by atoms with Crippen molar-refractivity contribution in [1.29, 1.82) is 0 Å². The van der Waals surface area contributed by atoms with Gasteiger partial charge in [0, 0.05) is 44.0 Å². The first kappa shape index (κ1) is 20.2. The van der Waals surface area contributed by atoms with Crippen molar-refractivity contribution in [3.05, 3.63) is 71.7 Å². The van der Waals surface area contributed by atoms with Crippen LogP contribution in [0.4, 0.5) is 17.5 Å². The zero-order chi connectivity index (χ0) is 21.9. The number of hydrogen-bond acceptors (Lipinski definition) is 6. The minimum Gasteiger partial charge on any atom is -0.354 e. The highest BCUT2D eigenvalue weighted by atomic mass is 15.3. The second-order valence-corrected chi connectivity index (χ2v) is 8.22. The molecule has 0 unspecified atom stereocenters. The predicted molar refractivity (Wildman–Crippen MR) is 131 cm³/mol. The van der Waals surface area contributed by atoms with E-state index in [1.807, 2.05) is 25.1 Å². The maximum atomic E-state index is 4.87. The van der Waals surface area contributed by atoms with Gasteiger partial charge in [0.05, 0.1) is 0 Å². The Balaban J connectivity index is 1.49. The van der Waals surface area contributed by atoms with E-state index in [0.717, 1.165) is 54.9 Å². The van der Waals surface area contributed by atoms with Gasteiger partial charge in [-0.3, -0.25) is 5.10 Å². The molecule has 0 spiro atoms. The van der Waals surface area contributed by atoms with E-state index in [1.165, 1.54) is 10.8 Å². The van der Waals surface area contributed by atoms with Gasteiger partial charge in [0.15, 0.2) is 11.6 Å². The minimum atomic E-state index is 0.670. The Bertz CT molecular complexity index is 1250. The molecule has 7 heteroatoms. The molecule has 0 radical (unpaired) electrons. The fraction of sp³-hybridized carbons (Fsp3) is 0.240. The van der Waals surface area contributed by atoms with Crippen LogP contribution in [0.5, 0.6) is 0 Å².